The van der Waals surface area contributed by atoms with Crippen LogP contribution in [0.3, 0.4) is 0 Å². The van der Waals surface area contributed by atoms with E-state index in [1.54, 1.807) is 17.0 Å². The van der Waals surface area contributed by atoms with Crippen LogP contribution in [0.1, 0.15) is 18.4 Å². The van der Waals surface area contributed by atoms with Gasteiger partial charge in [0, 0.05) is 32.8 Å². The van der Waals surface area contributed by atoms with Crippen molar-refractivity contribution in [3.63, 3.8) is 0 Å². The van der Waals surface area contributed by atoms with E-state index in [0.29, 0.717) is 50.9 Å². The maximum atomic E-state index is 12.8. The summed E-state index contributed by atoms with van der Waals surface area (Å²) in [5.41, 5.74) is 1.01. The van der Waals surface area contributed by atoms with Gasteiger partial charge >= 0.3 is 6.09 Å². The van der Waals surface area contributed by atoms with Gasteiger partial charge in [-0.2, -0.15) is 0 Å². The second kappa shape index (κ2) is 15.7. The maximum Gasteiger partial charge on any atom is 0.415 e. The Kier molecular flexibility index (Phi) is 11.5. The van der Waals surface area contributed by atoms with Crippen molar-refractivity contribution in [1.82, 2.24) is 10.2 Å². The van der Waals surface area contributed by atoms with Crippen LogP contribution in [0.15, 0.2) is 84.9 Å². The fourth-order valence-corrected chi connectivity index (χ4v) is 3.81. The summed E-state index contributed by atoms with van der Waals surface area (Å²) in [5.74, 6) is 2.66. The molecule has 1 atom stereocenters. The summed E-state index contributed by atoms with van der Waals surface area (Å²) < 4.78 is 22.5. The van der Waals surface area contributed by atoms with E-state index in [1.807, 2.05) is 72.8 Å². The summed E-state index contributed by atoms with van der Waals surface area (Å²) >= 11 is 0. The molecule has 1 saturated carbocycles. The SMILES string of the molecule is O=C(Oc1ccccc1)N(CCNCC(O)COc1ccc(OCCOCC2CC2)cc1)Cc1ccccc1. The number of benzene rings is 3. The first-order valence-electron chi connectivity index (χ1n) is 13.5. The Morgan fingerprint density at radius 2 is 1.54 bits per heavy atom. The molecular weight excluding hydrogens is 496 g/mol. The number of amides is 1. The van der Waals surface area contributed by atoms with Crippen molar-refractivity contribution >= 4 is 6.09 Å². The number of nitrogens with one attached hydrogen (secondary N) is 1. The second-order valence-electron chi connectivity index (χ2n) is 9.60. The highest BCUT2D eigenvalue weighted by Crippen LogP contribution is 2.28. The summed E-state index contributed by atoms with van der Waals surface area (Å²) in [7, 11) is 0. The molecule has 0 saturated heterocycles. The molecule has 1 aliphatic carbocycles. The number of ether oxygens (including phenoxy) is 4. The van der Waals surface area contributed by atoms with Crippen molar-refractivity contribution in [1.29, 1.82) is 0 Å². The van der Waals surface area contributed by atoms with E-state index in [-0.39, 0.29) is 6.61 Å². The van der Waals surface area contributed by atoms with Crippen molar-refractivity contribution in [2.24, 2.45) is 5.92 Å². The Hall–Kier alpha value is -3.59. The fourth-order valence-electron chi connectivity index (χ4n) is 3.81. The molecule has 3 aromatic rings. The summed E-state index contributed by atoms with van der Waals surface area (Å²) in [6.07, 6.45) is 1.44. The minimum absolute atomic E-state index is 0.145. The van der Waals surface area contributed by atoms with Crippen LogP contribution in [0.4, 0.5) is 4.79 Å². The molecule has 0 aromatic heterocycles. The van der Waals surface area contributed by atoms with Crippen LogP contribution in [0.2, 0.25) is 0 Å². The maximum absolute atomic E-state index is 12.8. The first-order chi connectivity index (χ1) is 19.2. The lowest BCUT2D eigenvalue weighted by Crippen LogP contribution is -2.40. The number of nitrogens with zero attached hydrogens (tertiary/aromatic N) is 1. The smallest absolute Gasteiger partial charge is 0.415 e. The van der Waals surface area contributed by atoms with E-state index in [1.165, 1.54) is 12.8 Å². The van der Waals surface area contributed by atoms with Gasteiger partial charge < -0.3 is 34.3 Å². The summed E-state index contributed by atoms with van der Waals surface area (Å²) in [6, 6.07) is 26.1. The van der Waals surface area contributed by atoms with Gasteiger partial charge in [-0.1, -0.05) is 48.5 Å². The number of aliphatic hydroxyl groups is 1. The second-order valence-corrected chi connectivity index (χ2v) is 9.60. The quantitative estimate of drug-likeness (QED) is 0.246. The minimum Gasteiger partial charge on any atom is -0.491 e. The molecule has 0 radical (unpaired) electrons. The van der Waals surface area contributed by atoms with Crippen molar-refractivity contribution < 1.29 is 28.8 Å². The molecular formula is C31H38N2O6. The predicted molar refractivity (Wildman–Crippen MR) is 149 cm³/mol. The van der Waals surface area contributed by atoms with E-state index in [4.69, 9.17) is 18.9 Å². The Bertz CT molecular complexity index is 1090. The molecule has 0 spiro atoms. The number of carbonyl (C=O) groups is 1. The third-order valence-electron chi connectivity index (χ3n) is 6.17. The van der Waals surface area contributed by atoms with Crippen LogP contribution in [-0.2, 0) is 11.3 Å². The summed E-state index contributed by atoms with van der Waals surface area (Å²) in [6.45, 7) is 3.75. The highest BCUT2D eigenvalue weighted by atomic mass is 16.6. The van der Waals surface area contributed by atoms with Gasteiger partial charge in [0.2, 0.25) is 0 Å². The largest absolute Gasteiger partial charge is 0.491 e. The lowest BCUT2D eigenvalue weighted by Gasteiger charge is -2.23. The standard InChI is InChI=1S/C31H38N2O6/c34-27(24-38-29-15-13-28(14-16-29)37-20-19-36-23-26-11-12-26)21-32-17-18-33(22-25-7-3-1-4-8-25)31(35)39-30-9-5-2-6-10-30/h1-10,13-16,26-27,32,34H,11-12,17-24H2. The van der Waals surface area contributed by atoms with Crippen LogP contribution in [-0.4, -0.2) is 68.3 Å². The molecule has 0 bridgehead atoms. The molecule has 8 nitrogen and oxygen atoms in total. The van der Waals surface area contributed by atoms with Gasteiger partial charge in [0.05, 0.1) is 6.61 Å². The Morgan fingerprint density at radius 1 is 0.872 bits per heavy atom. The average molecular weight is 535 g/mol. The molecule has 8 heteroatoms. The number of hydrogen-bond acceptors (Lipinski definition) is 7. The van der Waals surface area contributed by atoms with Crippen LogP contribution in [0, 0.1) is 5.92 Å². The minimum atomic E-state index is -0.705. The van der Waals surface area contributed by atoms with Crippen LogP contribution >= 0.6 is 0 Å². The number of carbonyl (C=O) groups excluding carboxylic acids is 1. The zero-order chi connectivity index (χ0) is 27.1. The van der Waals surface area contributed by atoms with Crippen LogP contribution < -0.4 is 19.5 Å². The number of para-hydroxylation sites is 1. The zero-order valence-electron chi connectivity index (χ0n) is 22.2. The molecule has 4 rings (SSSR count). The van der Waals surface area contributed by atoms with Gasteiger partial charge in [-0.05, 0) is 60.7 Å². The number of hydrogen-bond donors (Lipinski definition) is 2. The van der Waals surface area contributed by atoms with Crippen molar-refractivity contribution in [2.45, 2.75) is 25.5 Å². The number of rotatable bonds is 17. The molecule has 3 aromatic carbocycles. The molecule has 1 unspecified atom stereocenters. The third kappa shape index (κ3) is 11.0. The third-order valence-corrected chi connectivity index (χ3v) is 6.17. The van der Waals surface area contributed by atoms with Gasteiger partial charge in [-0.15, -0.1) is 0 Å². The van der Waals surface area contributed by atoms with Gasteiger partial charge in [-0.25, -0.2) is 4.79 Å². The van der Waals surface area contributed by atoms with E-state index in [9.17, 15) is 9.90 Å². The Labute approximate surface area is 230 Å². The van der Waals surface area contributed by atoms with Crippen LogP contribution in [0.5, 0.6) is 17.2 Å². The lowest BCUT2D eigenvalue weighted by molar-refractivity contribution is 0.0926. The zero-order valence-corrected chi connectivity index (χ0v) is 22.2. The molecule has 2 N–H and O–H groups in total. The lowest BCUT2D eigenvalue weighted by atomic mass is 10.2. The highest BCUT2D eigenvalue weighted by Gasteiger charge is 2.21. The monoisotopic (exact) mass is 534 g/mol. The number of aliphatic hydroxyl groups excluding tert-OH is 1. The molecule has 0 heterocycles. The predicted octanol–water partition coefficient (Wildman–Crippen LogP) is 4.52. The van der Waals surface area contributed by atoms with Crippen molar-refractivity contribution in [3.05, 3.63) is 90.5 Å². The average Bonchev–Trinajstić information content (AvgIpc) is 3.79. The topological polar surface area (TPSA) is 89.5 Å². The van der Waals surface area contributed by atoms with Crippen molar-refractivity contribution in [2.75, 3.05) is 46.1 Å². The normalized spacial score (nSPS) is 13.5. The molecule has 1 fully saturated rings. The van der Waals surface area contributed by atoms with Gasteiger partial charge in [0.15, 0.2) is 0 Å². The summed E-state index contributed by atoms with van der Waals surface area (Å²) in [5, 5.41) is 13.5. The molecule has 1 aliphatic rings. The molecule has 39 heavy (non-hydrogen) atoms. The van der Waals surface area contributed by atoms with Gasteiger partial charge in [-0.3, -0.25) is 0 Å². The fraction of sp³-hybridized carbons (Fsp3) is 0.387. The summed E-state index contributed by atoms with van der Waals surface area (Å²) in [4.78, 5) is 14.5. The van der Waals surface area contributed by atoms with E-state index in [0.717, 1.165) is 23.8 Å². The first kappa shape index (κ1) is 28.4. The van der Waals surface area contributed by atoms with Crippen molar-refractivity contribution in [3.8, 4) is 17.2 Å². The Balaban J connectivity index is 1.13. The van der Waals surface area contributed by atoms with Crippen LogP contribution in [0.25, 0.3) is 0 Å². The first-order valence-corrected chi connectivity index (χ1v) is 13.5. The van der Waals surface area contributed by atoms with Gasteiger partial charge in [0.1, 0.15) is 36.6 Å². The van der Waals surface area contributed by atoms with E-state index >= 15 is 0 Å². The van der Waals surface area contributed by atoms with Gasteiger partial charge in [0.25, 0.3) is 0 Å². The molecule has 208 valence electrons. The molecule has 1 amide bonds. The highest BCUT2D eigenvalue weighted by molar-refractivity contribution is 5.70. The molecule has 0 aliphatic heterocycles. The van der Waals surface area contributed by atoms with E-state index < -0.39 is 12.2 Å². The van der Waals surface area contributed by atoms with E-state index in [2.05, 4.69) is 5.32 Å². The Morgan fingerprint density at radius 3 is 2.23 bits per heavy atom.